The van der Waals surface area contributed by atoms with Crippen LogP contribution in [0.5, 0.6) is 0 Å². The molecule has 1 spiro atoms. The summed E-state index contributed by atoms with van der Waals surface area (Å²) in [5.41, 5.74) is -0.661. The lowest BCUT2D eigenvalue weighted by atomic mass is 9.90. The largest absolute Gasteiger partial charge is 0.454 e. The Morgan fingerprint density at radius 2 is 1.88 bits per heavy atom. The van der Waals surface area contributed by atoms with E-state index in [1.807, 2.05) is 6.92 Å². The number of carbonyl (C=O) groups is 2. The second-order valence-corrected chi connectivity index (χ2v) is 8.11. The van der Waals surface area contributed by atoms with Crippen molar-refractivity contribution in [3.8, 4) is 0 Å². The molecule has 3 saturated heterocycles. The molecular weight excluding hydrogens is 328 g/mol. The molecule has 0 radical (unpaired) electrons. The molecule has 4 rings (SSSR count). The lowest BCUT2D eigenvalue weighted by Gasteiger charge is -2.33. The quantitative estimate of drug-likeness (QED) is 0.718. The van der Waals surface area contributed by atoms with Gasteiger partial charge in [0.05, 0.1) is 5.41 Å². The molecule has 5 atom stereocenters. The SMILES string of the molecule is CCC(C)(C)C(=O)OC1C(=O)OC2C1OC1OC3(CCCCC3)O[C@@H]12. The van der Waals surface area contributed by atoms with E-state index in [0.717, 1.165) is 25.7 Å². The number of carbonyl (C=O) groups excluding carboxylic acids is 2. The number of hydrogen-bond acceptors (Lipinski definition) is 7. The predicted molar refractivity (Wildman–Crippen MR) is 84.3 cm³/mol. The van der Waals surface area contributed by atoms with Crippen LogP contribution in [0.25, 0.3) is 0 Å². The van der Waals surface area contributed by atoms with E-state index >= 15 is 0 Å². The standard InChI is InChI=1S/C18H26O7/c1-4-17(2,3)16(20)23-12-10-11(21-14(12)19)13-15(22-10)25-18(24-13)8-6-5-7-9-18/h10-13,15H,4-9H2,1-3H3/t10?,11?,12?,13-,15?/m1/s1. The average molecular weight is 354 g/mol. The minimum Gasteiger partial charge on any atom is -0.454 e. The Morgan fingerprint density at radius 3 is 2.56 bits per heavy atom. The van der Waals surface area contributed by atoms with Crippen molar-refractivity contribution in [2.45, 2.75) is 95.8 Å². The van der Waals surface area contributed by atoms with Crippen LogP contribution in [0.4, 0.5) is 0 Å². The normalized spacial score (nSPS) is 39.2. The fourth-order valence-corrected chi connectivity index (χ4v) is 3.93. The summed E-state index contributed by atoms with van der Waals surface area (Å²) in [6.45, 7) is 5.48. The topological polar surface area (TPSA) is 80.3 Å². The van der Waals surface area contributed by atoms with Crippen molar-refractivity contribution in [1.29, 1.82) is 0 Å². The van der Waals surface area contributed by atoms with Crippen LogP contribution >= 0.6 is 0 Å². The molecule has 25 heavy (non-hydrogen) atoms. The van der Waals surface area contributed by atoms with Gasteiger partial charge in [-0.15, -0.1) is 0 Å². The van der Waals surface area contributed by atoms with Gasteiger partial charge in [0, 0.05) is 12.8 Å². The summed E-state index contributed by atoms with van der Waals surface area (Å²) in [5, 5.41) is 0. The molecule has 4 fully saturated rings. The van der Waals surface area contributed by atoms with E-state index in [1.165, 1.54) is 6.42 Å². The lowest BCUT2D eigenvalue weighted by molar-refractivity contribution is -0.246. The molecule has 0 N–H and O–H groups in total. The first-order valence-electron chi connectivity index (χ1n) is 9.28. The Hall–Kier alpha value is -1.18. The van der Waals surface area contributed by atoms with Crippen molar-refractivity contribution in [2.75, 3.05) is 0 Å². The van der Waals surface area contributed by atoms with E-state index in [4.69, 9.17) is 23.7 Å². The molecular formula is C18H26O7. The van der Waals surface area contributed by atoms with Crippen molar-refractivity contribution in [3.63, 3.8) is 0 Å². The minimum absolute atomic E-state index is 0.427. The van der Waals surface area contributed by atoms with Crippen LogP contribution in [-0.4, -0.2) is 48.4 Å². The monoisotopic (exact) mass is 354 g/mol. The Balaban J connectivity index is 1.45. The molecule has 0 amide bonds. The molecule has 4 unspecified atom stereocenters. The van der Waals surface area contributed by atoms with Gasteiger partial charge in [-0.25, -0.2) is 4.79 Å². The van der Waals surface area contributed by atoms with Crippen molar-refractivity contribution < 1.29 is 33.3 Å². The van der Waals surface area contributed by atoms with E-state index in [9.17, 15) is 9.59 Å². The third-order valence-corrected chi connectivity index (χ3v) is 5.96. The minimum atomic E-state index is -1.05. The summed E-state index contributed by atoms with van der Waals surface area (Å²) in [4.78, 5) is 24.5. The summed E-state index contributed by atoms with van der Waals surface area (Å²) < 4.78 is 29.0. The van der Waals surface area contributed by atoms with E-state index in [2.05, 4.69) is 0 Å². The second-order valence-electron chi connectivity index (χ2n) is 8.11. The van der Waals surface area contributed by atoms with Gasteiger partial charge in [-0.3, -0.25) is 4.79 Å². The average Bonchev–Trinajstić information content (AvgIpc) is 3.17. The van der Waals surface area contributed by atoms with Gasteiger partial charge in [0.1, 0.15) is 6.10 Å². The zero-order valence-electron chi connectivity index (χ0n) is 15.0. The van der Waals surface area contributed by atoms with Crippen LogP contribution in [-0.2, 0) is 33.3 Å². The van der Waals surface area contributed by atoms with Gasteiger partial charge in [0.2, 0.25) is 6.10 Å². The molecule has 0 bridgehead atoms. The number of esters is 2. The van der Waals surface area contributed by atoms with Gasteiger partial charge in [-0.1, -0.05) is 13.3 Å². The molecule has 140 valence electrons. The third kappa shape index (κ3) is 2.76. The van der Waals surface area contributed by atoms with Crippen LogP contribution in [0, 0.1) is 5.41 Å². The van der Waals surface area contributed by atoms with Crippen molar-refractivity contribution in [2.24, 2.45) is 5.41 Å². The molecule has 0 aromatic rings. The molecule has 1 aliphatic carbocycles. The highest BCUT2D eigenvalue weighted by Gasteiger charge is 2.65. The Morgan fingerprint density at radius 1 is 1.16 bits per heavy atom. The summed E-state index contributed by atoms with van der Waals surface area (Å²) in [6.07, 6.45) is 2.25. The van der Waals surface area contributed by atoms with Gasteiger partial charge in [-0.05, 0) is 33.1 Å². The molecule has 7 heteroatoms. The first-order chi connectivity index (χ1) is 11.9. The maximum atomic E-state index is 12.3. The molecule has 1 saturated carbocycles. The number of fused-ring (bicyclic) bond motifs is 3. The van der Waals surface area contributed by atoms with Gasteiger partial charge >= 0.3 is 11.9 Å². The summed E-state index contributed by atoms with van der Waals surface area (Å²) >= 11 is 0. The Bertz CT molecular complexity index is 566. The fourth-order valence-electron chi connectivity index (χ4n) is 3.93. The maximum Gasteiger partial charge on any atom is 0.350 e. The van der Waals surface area contributed by atoms with Crippen molar-refractivity contribution in [1.82, 2.24) is 0 Å². The van der Waals surface area contributed by atoms with E-state index < -0.39 is 53.8 Å². The molecule has 7 nitrogen and oxygen atoms in total. The van der Waals surface area contributed by atoms with Crippen LogP contribution in [0.2, 0.25) is 0 Å². The molecule has 0 aromatic carbocycles. The smallest absolute Gasteiger partial charge is 0.350 e. The highest BCUT2D eigenvalue weighted by Crippen LogP contribution is 2.48. The number of rotatable bonds is 3. The number of hydrogen-bond donors (Lipinski definition) is 0. The van der Waals surface area contributed by atoms with Crippen LogP contribution in [0.1, 0.15) is 59.3 Å². The van der Waals surface area contributed by atoms with Crippen LogP contribution < -0.4 is 0 Å². The van der Waals surface area contributed by atoms with E-state index in [-0.39, 0.29) is 0 Å². The first-order valence-corrected chi connectivity index (χ1v) is 9.28. The highest BCUT2D eigenvalue weighted by atomic mass is 16.9. The Kier molecular flexibility index (Phi) is 4.09. The number of ether oxygens (including phenoxy) is 5. The third-order valence-electron chi connectivity index (χ3n) is 5.96. The maximum absolute atomic E-state index is 12.3. The molecule has 0 aromatic heterocycles. The van der Waals surface area contributed by atoms with Crippen LogP contribution in [0.3, 0.4) is 0 Å². The van der Waals surface area contributed by atoms with E-state index in [0.29, 0.717) is 6.42 Å². The lowest BCUT2D eigenvalue weighted by Crippen LogP contribution is -2.41. The van der Waals surface area contributed by atoms with E-state index in [1.54, 1.807) is 13.8 Å². The van der Waals surface area contributed by atoms with Crippen molar-refractivity contribution in [3.05, 3.63) is 0 Å². The first kappa shape index (κ1) is 17.2. The summed E-state index contributed by atoms with van der Waals surface area (Å²) in [5.74, 6) is -1.60. The predicted octanol–water partition coefficient (Wildman–Crippen LogP) is 2.06. The van der Waals surface area contributed by atoms with Gasteiger partial charge in [0.25, 0.3) is 0 Å². The van der Waals surface area contributed by atoms with Crippen molar-refractivity contribution >= 4 is 11.9 Å². The highest BCUT2D eigenvalue weighted by molar-refractivity contribution is 5.84. The fraction of sp³-hybridized carbons (Fsp3) is 0.889. The van der Waals surface area contributed by atoms with Gasteiger partial charge < -0.3 is 23.7 Å². The summed E-state index contributed by atoms with van der Waals surface area (Å²) in [7, 11) is 0. The van der Waals surface area contributed by atoms with Crippen LogP contribution in [0.15, 0.2) is 0 Å². The zero-order valence-corrected chi connectivity index (χ0v) is 15.0. The molecule has 3 heterocycles. The second kappa shape index (κ2) is 5.93. The molecule has 4 aliphatic rings. The van der Waals surface area contributed by atoms with Gasteiger partial charge in [0.15, 0.2) is 24.3 Å². The molecule has 3 aliphatic heterocycles. The zero-order chi connectivity index (χ0) is 17.8. The Labute approximate surface area is 147 Å². The van der Waals surface area contributed by atoms with Gasteiger partial charge in [-0.2, -0.15) is 0 Å². The summed E-state index contributed by atoms with van der Waals surface area (Å²) in [6, 6.07) is 0.